The van der Waals surface area contributed by atoms with Crippen molar-refractivity contribution in [3.63, 3.8) is 0 Å². The lowest BCUT2D eigenvalue weighted by Gasteiger charge is -2.07. The van der Waals surface area contributed by atoms with Crippen molar-refractivity contribution in [1.29, 1.82) is 0 Å². The van der Waals surface area contributed by atoms with Crippen LogP contribution in [0.15, 0.2) is 42.7 Å². The van der Waals surface area contributed by atoms with Gasteiger partial charge in [0, 0.05) is 37.1 Å². The molecule has 0 aliphatic carbocycles. The van der Waals surface area contributed by atoms with E-state index in [-0.39, 0.29) is 5.91 Å². The van der Waals surface area contributed by atoms with Gasteiger partial charge >= 0.3 is 0 Å². The fourth-order valence-electron chi connectivity index (χ4n) is 3.95. The second-order valence-corrected chi connectivity index (χ2v) is 7.65. The predicted octanol–water partition coefficient (Wildman–Crippen LogP) is 3.36. The van der Waals surface area contributed by atoms with Gasteiger partial charge in [-0.2, -0.15) is 5.10 Å². The topological polar surface area (TPSA) is 90.5 Å². The molecule has 0 radical (unpaired) electrons. The number of amides is 1. The smallest absolute Gasteiger partial charge is 0.259 e. The maximum absolute atomic E-state index is 13.1. The van der Waals surface area contributed by atoms with Crippen LogP contribution >= 0.6 is 0 Å². The molecule has 5 rings (SSSR count). The molecular formula is C22H23N7O. The van der Waals surface area contributed by atoms with Gasteiger partial charge < -0.3 is 9.88 Å². The molecule has 152 valence electrons. The lowest BCUT2D eigenvalue weighted by Crippen LogP contribution is -2.14. The lowest BCUT2D eigenvalue weighted by molar-refractivity contribution is 0.102. The summed E-state index contributed by atoms with van der Waals surface area (Å²) in [4.78, 5) is 26.9. The van der Waals surface area contributed by atoms with Crippen LogP contribution in [0.3, 0.4) is 0 Å². The summed E-state index contributed by atoms with van der Waals surface area (Å²) in [6, 6.07) is 9.35. The zero-order chi connectivity index (χ0) is 20.5. The van der Waals surface area contributed by atoms with Crippen LogP contribution in [0.2, 0.25) is 0 Å². The standard InChI is InChI=1S/C22H23N7O/c1-15-13-17(20-21(24-15)29-11-6-2-3-8-19(29)26-20)22(30)25-18-9-12-28(27-18)14-16-7-4-5-10-23-16/h4-5,7,9-10,12-13H,2-3,6,8,11,14H2,1H3,(H,25,27,30). The Morgan fingerprint density at radius 3 is 2.97 bits per heavy atom. The van der Waals surface area contributed by atoms with Crippen molar-refractivity contribution in [3.8, 4) is 0 Å². The van der Waals surface area contributed by atoms with Crippen LogP contribution in [0.1, 0.15) is 46.8 Å². The molecule has 5 heterocycles. The Labute approximate surface area is 174 Å². The van der Waals surface area contributed by atoms with E-state index < -0.39 is 0 Å². The van der Waals surface area contributed by atoms with Crippen LogP contribution in [0, 0.1) is 6.92 Å². The molecule has 4 aromatic heterocycles. The number of nitrogens with zero attached hydrogens (tertiary/aromatic N) is 6. The molecule has 0 aromatic carbocycles. The monoisotopic (exact) mass is 401 g/mol. The van der Waals surface area contributed by atoms with E-state index in [1.165, 1.54) is 6.42 Å². The van der Waals surface area contributed by atoms with Crippen molar-refractivity contribution in [2.45, 2.75) is 45.7 Å². The van der Waals surface area contributed by atoms with E-state index in [0.29, 0.717) is 23.4 Å². The molecule has 1 aliphatic heterocycles. The third-order valence-electron chi connectivity index (χ3n) is 5.37. The first-order chi connectivity index (χ1) is 14.7. The van der Waals surface area contributed by atoms with Gasteiger partial charge in [-0.1, -0.05) is 12.5 Å². The van der Waals surface area contributed by atoms with Gasteiger partial charge in [-0.05, 0) is 38.0 Å². The highest BCUT2D eigenvalue weighted by Gasteiger charge is 2.21. The molecule has 8 heteroatoms. The fraction of sp³-hybridized carbons (Fsp3) is 0.318. The molecule has 0 saturated carbocycles. The Balaban J connectivity index is 1.41. The summed E-state index contributed by atoms with van der Waals surface area (Å²) >= 11 is 0. The van der Waals surface area contributed by atoms with Crippen LogP contribution in [0.4, 0.5) is 5.82 Å². The number of imidazole rings is 1. The Morgan fingerprint density at radius 2 is 2.10 bits per heavy atom. The van der Waals surface area contributed by atoms with Gasteiger partial charge in [0.15, 0.2) is 11.5 Å². The molecule has 1 aliphatic rings. The van der Waals surface area contributed by atoms with Gasteiger partial charge in [-0.15, -0.1) is 0 Å². The number of aryl methyl sites for hydroxylation is 3. The molecule has 8 nitrogen and oxygen atoms in total. The highest BCUT2D eigenvalue weighted by Crippen LogP contribution is 2.24. The minimum Gasteiger partial charge on any atom is -0.313 e. The molecule has 4 aromatic rings. The number of carbonyl (C=O) groups excluding carboxylic acids is 1. The van der Waals surface area contributed by atoms with Crippen LogP contribution in [-0.4, -0.2) is 35.2 Å². The maximum Gasteiger partial charge on any atom is 0.259 e. The zero-order valence-corrected chi connectivity index (χ0v) is 16.9. The van der Waals surface area contributed by atoms with E-state index in [1.54, 1.807) is 23.0 Å². The summed E-state index contributed by atoms with van der Waals surface area (Å²) < 4.78 is 3.93. The van der Waals surface area contributed by atoms with E-state index >= 15 is 0 Å². The normalized spacial score (nSPS) is 13.8. The van der Waals surface area contributed by atoms with Crippen molar-refractivity contribution in [1.82, 2.24) is 29.3 Å². The van der Waals surface area contributed by atoms with Gasteiger partial charge in [0.2, 0.25) is 0 Å². The number of rotatable bonds is 4. The summed E-state index contributed by atoms with van der Waals surface area (Å²) in [5.74, 6) is 1.30. The molecule has 0 atom stereocenters. The van der Waals surface area contributed by atoms with E-state index in [2.05, 4.69) is 25.0 Å². The summed E-state index contributed by atoms with van der Waals surface area (Å²) in [7, 11) is 0. The fourth-order valence-corrected chi connectivity index (χ4v) is 3.95. The molecule has 0 spiro atoms. The number of hydrogen-bond acceptors (Lipinski definition) is 5. The van der Waals surface area contributed by atoms with Crippen LogP contribution in [0.5, 0.6) is 0 Å². The van der Waals surface area contributed by atoms with Gasteiger partial charge in [0.25, 0.3) is 5.91 Å². The number of anilines is 1. The predicted molar refractivity (Wildman–Crippen MR) is 113 cm³/mol. The van der Waals surface area contributed by atoms with E-state index in [0.717, 1.165) is 48.7 Å². The molecule has 0 fully saturated rings. The summed E-state index contributed by atoms with van der Waals surface area (Å²) in [6.07, 6.45) is 7.95. The van der Waals surface area contributed by atoms with Gasteiger partial charge in [0.1, 0.15) is 11.3 Å². The number of carbonyl (C=O) groups is 1. The first kappa shape index (κ1) is 18.5. The SMILES string of the molecule is Cc1cc(C(=O)Nc2ccn(Cc3ccccn3)n2)c2nc3n(c2n1)CCCCC3. The average Bonchev–Trinajstić information content (AvgIpc) is 3.24. The Bertz CT molecular complexity index is 1210. The van der Waals surface area contributed by atoms with Crippen molar-refractivity contribution in [2.24, 2.45) is 0 Å². The molecule has 0 saturated heterocycles. The second-order valence-electron chi connectivity index (χ2n) is 7.65. The first-order valence-corrected chi connectivity index (χ1v) is 10.3. The minimum absolute atomic E-state index is 0.221. The number of nitrogens with one attached hydrogen (secondary N) is 1. The third-order valence-corrected chi connectivity index (χ3v) is 5.37. The van der Waals surface area contributed by atoms with Crippen molar-refractivity contribution < 1.29 is 4.79 Å². The summed E-state index contributed by atoms with van der Waals surface area (Å²) in [6.45, 7) is 3.36. The Morgan fingerprint density at radius 1 is 1.17 bits per heavy atom. The van der Waals surface area contributed by atoms with Crippen LogP contribution in [0.25, 0.3) is 11.2 Å². The maximum atomic E-state index is 13.1. The van der Waals surface area contributed by atoms with Crippen molar-refractivity contribution >= 4 is 22.9 Å². The van der Waals surface area contributed by atoms with Gasteiger partial charge in [-0.25, -0.2) is 9.97 Å². The molecule has 0 unspecified atom stereocenters. The highest BCUT2D eigenvalue weighted by atomic mass is 16.1. The number of aromatic nitrogens is 6. The summed E-state index contributed by atoms with van der Waals surface area (Å²) in [5, 5.41) is 7.36. The van der Waals surface area contributed by atoms with E-state index in [9.17, 15) is 4.79 Å². The van der Waals surface area contributed by atoms with Crippen molar-refractivity contribution in [2.75, 3.05) is 5.32 Å². The van der Waals surface area contributed by atoms with Crippen LogP contribution in [-0.2, 0) is 19.5 Å². The number of hydrogen-bond donors (Lipinski definition) is 1. The second kappa shape index (κ2) is 7.70. The highest BCUT2D eigenvalue weighted by molar-refractivity contribution is 6.10. The number of fused-ring (bicyclic) bond motifs is 3. The third kappa shape index (κ3) is 3.56. The number of pyridine rings is 2. The first-order valence-electron chi connectivity index (χ1n) is 10.3. The van der Waals surface area contributed by atoms with Crippen molar-refractivity contribution in [3.05, 3.63) is 65.5 Å². The average molecular weight is 401 g/mol. The minimum atomic E-state index is -0.221. The largest absolute Gasteiger partial charge is 0.313 e. The molecule has 30 heavy (non-hydrogen) atoms. The zero-order valence-electron chi connectivity index (χ0n) is 16.9. The molecule has 0 bridgehead atoms. The van der Waals surface area contributed by atoms with Gasteiger partial charge in [-0.3, -0.25) is 14.5 Å². The molecule has 1 amide bonds. The Hall–Kier alpha value is -3.55. The summed E-state index contributed by atoms with van der Waals surface area (Å²) in [5.41, 5.74) is 3.72. The van der Waals surface area contributed by atoms with E-state index in [4.69, 9.17) is 4.98 Å². The van der Waals surface area contributed by atoms with Crippen LogP contribution < -0.4 is 5.32 Å². The van der Waals surface area contributed by atoms with E-state index in [1.807, 2.05) is 31.3 Å². The van der Waals surface area contributed by atoms with Gasteiger partial charge in [0.05, 0.1) is 17.8 Å². The Kier molecular flexibility index (Phi) is 4.74. The quantitative estimate of drug-likeness (QED) is 0.566. The molecule has 1 N–H and O–H groups in total. The molecular weight excluding hydrogens is 378 g/mol. The lowest BCUT2D eigenvalue weighted by atomic mass is 10.2.